The van der Waals surface area contributed by atoms with Crippen molar-refractivity contribution in [3.8, 4) is 17.2 Å². The molecule has 2 N–H and O–H groups in total. The number of ether oxygens (including phenoxy) is 1. The Morgan fingerprint density at radius 3 is 2.88 bits per heavy atom. The van der Waals surface area contributed by atoms with Gasteiger partial charge < -0.3 is 19.9 Å². The van der Waals surface area contributed by atoms with E-state index in [0.717, 1.165) is 11.1 Å². The van der Waals surface area contributed by atoms with Crippen LogP contribution in [0.1, 0.15) is 18.5 Å². The summed E-state index contributed by atoms with van der Waals surface area (Å²) in [6.07, 6.45) is 0. The maximum Gasteiger partial charge on any atom is 0.264 e. The molecule has 2 heterocycles. The molecule has 126 valence electrons. The minimum absolute atomic E-state index is 0.0469. The first-order chi connectivity index (χ1) is 12.2. The van der Waals surface area contributed by atoms with E-state index in [1.165, 1.54) is 0 Å². The minimum atomic E-state index is -0.157. The van der Waals surface area contributed by atoms with Gasteiger partial charge in [-0.25, -0.2) is 0 Å². The van der Waals surface area contributed by atoms with Crippen molar-refractivity contribution in [3.63, 3.8) is 0 Å². The van der Waals surface area contributed by atoms with E-state index in [1.54, 1.807) is 0 Å². The van der Waals surface area contributed by atoms with Gasteiger partial charge in [-0.05, 0) is 41.9 Å². The Bertz CT molecular complexity index is 908. The highest BCUT2D eigenvalue weighted by molar-refractivity contribution is 5.95. The number of fused-ring (bicyclic) bond motifs is 1. The molecule has 7 heteroatoms. The van der Waals surface area contributed by atoms with E-state index in [9.17, 15) is 4.79 Å². The summed E-state index contributed by atoms with van der Waals surface area (Å²) >= 11 is 0. The van der Waals surface area contributed by atoms with Crippen molar-refractivity contribution in [2.24, 2.45) is 0 Å². The molecule has 2 aromatic carbocycles. The Hall–Kier alpha value is -3.35. The third-order valence-corrected chi connectivity index (χ3v) is 3.93. The van der Waals surface area contributed by atoms with Crippen LogP contribution < -0.4 is 15.4 Å². The highest BCUT2D eigenvalue weighted by Crippen LogP contribution is 2.31. The number of benzene rings is 2. The summed E-state index contributed by atoms with van der Waals surface area (Å²) < 4.78 is 10.7. The fourth-order valence-electron chi connectivity index (χ4n) is 2.63. The lowest BCUT2D eigenvalue weighted by Gasteiger charge is -2.20. The van der Waals surface area contributed by atoms with Gasteiger partial charge in [-0.2, -0.15) is 4.98 Å². The largest absolute Gasteiger partial charge is 0.482 e. The van der Waals surface area contributed by atoms with Crippen molar-refractivity contribution >= 4 is 17.5 Å². The van der Waals surface area contributed by atoms with Crippen LogP contribution in [0, 0.1) is 0 Å². The van der Waals surface area contributed by atoms with Crippen LogP contribution in [-0.2, 0) is 4.79 Å². The molecule has 1 amide bonds. The second-order valence-corrected chi connectivity index (χ2v) is 5.75. The summed E-state index contributed by atoms with van der Waals surface area (Å²) in [5.74, 6) is 1.38. The number of nitrogens with zero attached hydrogens (tertiary/aromatic N) is 2. The van der Waals surface area contributed by atoms with E-state index >= 15 is 0 Å². The summed E-state index contributed by atoms with van der Waals surface area (Å²) in [4.78, 5) is 15.8. The lowest BCUT2D eigenvalue weighted by Crippen LogP contribution is -2.25. The average molecular weight is 336 g/mol. The summed E-state index contributed by atoms with van der Waals surface area (Å²) in [5, 5.41) is 9.97. The van der Waals surface area contributed by atoms with Crippen molar-refractivity contribution in [2.45, 2.75) is 13.0 Å². The van der Waals surface area contributed by atoms with E-state index in [2.05, 4.69) is 20.8 Å². The molecule has 0 spiro atoms. The quantitative estimate of drug-likeness (QED) is 0.760. The van der Waals surface area contributed by atoms with Crippen molar-refractivity contribution < 1.29 is 14.1 Å². The first-order valence-corrected chi connectivity index (χ1v) is 7.91. The number of anilines is 2. The summed E-state index contributed by atoms with van der Waals surface area (Å²) in [7, 11) is 0. The van der Waals surface area contributed by atoms with Gasteiger partial charge in [0.2, 0.25) is 0 Å². The SMILES string of the molecule is C[C@@H](Nc1noc(-c2ccccc2)n1)c1ccc2c(c1)NC(=O)CO2. The Labute approximate surface area is 144 Å². The number of rotatable bonds is 4. The summed E-state index contributed by atoms with van der Waals surface area (Å²) in [6, 6.07) is 15.2. The molecule has 7 nitrogen and oxygen atoms in total. The molecule has 0 bridgehead atoms. The van der Waals surface area contributed by atoms with Gasteiger partial charge in [0, 0.05) is 5.56 Å². The van der Waals surface area contributed by atoms with Gasteiger partial charge >= 0.3 is 0 Å². The summed E-state index contributed by atoms with van der Waals surface area (Å²) in [5.41, 5.74) is 2.50. The Morgan fingerprint density at radius 2 is 2.04 bits per heavy atom. The molecule has 1 aliphatic heterocycles. The number of amides is 1. The van der Waals surface area contributed by atoms with Gasteiger partial charge in [0.15, 0.2) is 6.61 Å². The van der Waals surface area contributed by atoms with Gasteiger partial charge in [0.1, 0.15) is 5.75 Å². The maximum atomic E-state index is 11.5. The monoisotopic (exact) mass is 336 g/mol. The molecular weight excluding hydrogens is 320 g/mol. The third-order valence-electron chi connectivity index (χ3n) is 3.93. The topological polar surface area (TPSA) is 89.3 Å². The lowest BCUT2D eigenvalue weighted by atomic mass is 10.1. The van der Waals surface area contributed by atoms with Crippen LogP contribution in [0.5, 0.6) is 5.75 Å². The first kappa shape index (κ1) is 15.2. The maximum absolute atomic E-state index is 11.5. The van der Waals surface area contributed by atoms with Crippen LogP contribution >= 0.6 is 0 Å². The zero-order chi connectivity index (χ0) is 17.2. The fraction of sp³-hybridized carbons (Fsp3) is 0.167. The van der Waals surface area contributed by atoms with Crippen LogP contribution in [0.2, 0.25) is 0 Å². The molecule has 4 rings (SSSR count). The predicted octanol–water partition coefficient (Wildman–Crippen LogP) is 3.24. The van der Waals surface area contributed by atoms with Crippen molar-refractivity contribution in [2.75, 3.05) is 17.2 Å². The van der Waals surface area contributed by atoms with Gasteiger partial charge in [-0.15, -0.1) is 0 Å². The van der Waals surface area contributed by atoms with Crippen LogP contribution in [-0.4, -0.2) is 22.7 Å². The van der Waals surface area contributed by atoms with Crippen LogP contribution in [0.3, 0.4) is 0 Å². The molecule has 0 saturated heterocycles. The Balaban J connectivity index is 1.51. The van der Waals surface area contributed by atoms with Crippen molar-refractivity contribution in [1.29, 1.82) is 0 Å². The molecule has 1 aliphatic rings. The highest BCUT2D eigenvalue weighted by atomic mass is 16.5. The molecule has 1 atom stereocenters. The van der Waals surface area contributed by atoms with E-state index in [1.807, 2.05) is 55.5 Å². The van der Waals surface area contributed by atoms with E-state index in [4.69, 9.17) is 9.26 Å². The number of hydrogen-bond acceptors (Lipinski definition) is 6. The van der Waals surface area contributed by atoms with Gasteiger partial charge in [-0.3, -0.25) is 4.79 Å². The van der Waals surface area contributed by atoms with Crippen molar-refractivity contribution in [1.82, 2.24) is 10.1 Å². The second-order valence-electron chi connectivity index (χ2n) is 5.75. The zero-order valence-corrected chi connectivity index (χ0v) is 13.5. The normalized spacial score (nSPS) is 14.2. The molecule has 0 radical (unpaired) electrons. The van der Waals surface area contributed by atoms with E-state index < -0.39 is 0 Å². The molecule has 0 saturated carbocycles. The molecule has 1 aromatic heterocycles. The third kappa shape index (κ3) is 3.16. The predicted molar refractivity (Wildman–Crippen MR) is 92.3 cm³/mol. The molecule has 0 unspecified atom stereocenters. The zero-order valence-electron chi connectivity index (χ0n) is 13.5. The molecule has 3 aromatic rings. The number of hydrogen-bond donors (Lipinski definition) is 2. The molecule has 25 heavy (non-hydrogen) atoms. The summed E-state index contributed by atoms with van der Waals surface area (Å²) in [6.45, 7) is 2.02. The fourth-order valence-corrected chi connectivity index (χ4v) is 2.63. The average Bonchev–Trinajstić information content (AvgIpc) is 3.10. The van der Waals surface area contributed by atoms with E-state index in [-0.39, 0.29) is 18.6 Å². The van der Waals surface area contributed by atoms with Crippen LogP contribution in [0.25, 0.3) is 11.5 Å². The number of aromatic nitrogens is 2. The second kappa shape index (κ2) is 6.27. The Morgan fingerprint density at radius 1 is 1.20 bits per heavy atom. The number of carbonyl (C=O) groups excluding carboxylic acids is 1. The highest BCUT2D eigenvalue weighted by Gasteiger charge is 2.18. The number of carbonyl (C=O) groups is 1. The standard InChI is InChI=1S/C18H16N4O3/c1-11(13-7-8-15-14(9-13)20-16(23)10-24-15)19-18-21-17(25-22-18)12-5-3-2-4-6-12/h2-9,11H,10H2,1H3,(H,19,22)(H,20,23)/t11-/m1/s1. The van der Waals surface area contributed by atoms with E-state index in [0.29, 0.717) is 23.3 Å². The van der Waals surface area contributed by atoms with Crippen LogP contribution in [0.4, 0.5) is 11.6 Å². The van der Waals surface area contributed by atoms with Gasteiger partial charge in [0.25, 0.3) is 17.7 Å². The minimum Gasteiger partial charge on any atom is -0.482 e. The Kier molecular flexibility index (Phi) is 3.81. The molecular formula is C18H16N4O3. The van der Waals surface area contributed by atoms with Gasteiger partial charge in [0.05, 0.1) is 11.7 Å². The smallest absolute Gasteiger partial charge is 0.264 e. The molecule has 0 fully saturated rings. The lowest BCUT2D eigenvalue weighted by molar-refractivity contribution is -0.118. The molecule has 0 aliphatic carbocycles. The number of nitrogens with one attached hydrogen (secondary N) is 2. The van der Waals surface area contributed by atoms with Crippen molar-refractivity contribution in [3.05, 3.63) is 54.1 Å². The van der Waals surface area contributed by atoms with Gasteiger partial charge in [-0.1, -0.05) is 24.3 Å². The first-order valence-electron chi connectivity index (χ1n) is 7.91. The van der Waals surface area contributed by atoms with Crippen LogP contribution in [0.15, 0.2) is 53.1 Å².